The molecule has 0 aromatic carbocycles. The van der Waals surface area contributed by atoms with Crippen molar-refractivity contribution in [2.75, 3.05) is 0 Å². The summed E-state index contributed by atoms with van der Waals surface area (Å²) in [5.41, 5.74) is 8.23. The summed E-state index contributed by atoms with van der Waals surface area (Å²) in [4.78, 5) is 0. The summed E-state index contributed by atoms with van der Waals surface area (Å²) in [5.74, 6) is 2.60. The standard InChI is InChI=1S/C10H16N2O/c1-6(2)10-7(3-11)8-4-12-5-9(8)13-10/h6,12H,3-5,11H2,1-2H3. The van der Waals surface area contributed by atoms with Crippen LogP contribution >= 0.6 is 0 Å². The number of fused-ring (bicyclic) bond motifs is 1. The van der Waals surface area contributed by atoms with Crippen LogP contribution in [0.25, 0.3) is 0 Å². The lowest BCUT2D eigenvalue weighted by Gasteiger charge is -2.05. The molecule has 0 spiro atoms. The fourth-order valence-corrected chi connectivity index (χ4v) is 1.91. The molecule has 1 aromatic heterocycles. The second-order valence-electron chi connectivity index (χ2n) is 3.81. The second-order valence-corrected chi connectivity index (χ2v) is 3.81. The second kappa shape index (κ2) is 3.16. The smallest absolute Gasteiger partial charge is 0.122 e. The molecule has 0 saturated heterocycles. The Morgan fingerprint density at radius 1 is 1.46 bits per heavy atom. The van der Waals surface area contributed by atoms with Gasteiger partial charge >= 0.3 is 0 Å². The predicted molar refractivity (Wildman–Crippen MR) is 51.2 cm³/mol. The fourth-order valence-electron chi connectivity index (χ4n) is 1.91. The SMILES string of the molecule is CC(C)c1oc2c(c1CN)CNC2. The van der Waals surface area contributed by atoms with Crippen LogP contribution in [0.15, 0.2) is 4.42 Å². The minimum atomic E-state index is 0.434. The van der Waals surface area contributed by atoms with Crippen molar-refractivity contribution < 1.29 is 4.42 Å². The third kappa shape index (κ3) is 1.28. The van der Waals surface area contributed by atoms with Crippen molar-refractivity contribution in [2.24, 2.45) is 5.73 Å². The highest BCUT2D eigenvalue weighted by Crippen LogP contribution is 2.30. The summed E-state index contributed by atoms with van der Waals surface area (Å²) in [6.07, 6.45) is 0. The van der Waals surface area contributed by atoms with Crippen LogP contribution in [0, 0.1) is 0 Å². The molecule has 0 bridgehead atoms. The molecule has 3 heteroatoms. The Bertz CT molecular complexity index is 315. The van der Waals surface area contributed by atoms with Gasteiger partial charge in [0, 0.05) is 30.1 Å². The van der Waals surface area contributed by atoms with Crippen molar-refractivity contribution in [2.45, 2.75) is 39.4 Å². The third-order valence-corrected chi connectivity index (χ3v) is 2.55. The lowest BCUT2D eigenvalue weighted by atomic mass is 10.0. The molecular weight excluding hydrogens is 164 g/mol. The van der Waals surface area contributed by atoms with Crippen molar-refractivity contribution in [3.05, 3.63) is 22.6 Å². The molecule has 3 N–H and O–H groups in total. The van der Waals surface area contributed by atoms with Gasteiger partial charge < -0.3 is 15.5 Å². The molecule has 0 atom stereocenters. The first kappa shape index (κ1) is 8.78. The van der Waals surface area contributed by atoms with Gasteiger partial charge in [0.2, 0.25) is 0 Å². The molecule has 3 nitrogen and oxygen atoms in total. The highest BCUT2D eigenvalue weighted by atomic mass is 16.3. The lowest BCUT2D eigenvalue weighted by Crippen LogP contribution is -2.07. The zero-order valence-electron chi connectivity index (χ0n) is 8.18. The summed E-state index contributed by atoms with van der Waals surface area (Å²) in [6.45, 7) is 6.64. The van der Waals surface area contributed by atoms with Crippen LogP contribution in [0.3, 0.4) is 0 Å². The van der Waals surface area contributed by atoms with Gasteiger partial charge in [-0.1, -0.05) is 13.8 Å². The maximum absolute atomic E-state index is 5.77. The van der Waals surface area contributed by atoms with Crippen LogP contribution in [0.4, 0.5) is 0 Å². The highest BCUT2D eigenvalue weighted by Gasteiger charge is 2.23. The van der Waals surface area contributed by atoms with E-state index in [-0.39, 0.29) is 0 Å². The summed E-state index contributed by atoms with van der Waals surface area (Å²) < 4.78 is 5.77. The van der Waals surface area contributed by atoms with E-state index in [2.05, 4.69) is 19.2 Å². The normalized spacial score (nSPS) is 15.4. The molecule has 0 saturated carbocycles. The zero-order valence-corrected chi connectivity index (χ0v) is 8.18. The Balaban J connectivity index is 2.47. The summed E-state index contributed by atoms with van der Waals surface area (Å²) >= 11 is 0. The van der Waals surface area contributed by atoms with Crippen LogP contribution in [-0.2, 0) is 19.6 Å². The average Bonchev–Trinajstić information content (AvgIpc) is 2.60. The van der Waals surface area contributed by atoms with Crippen LogP contribution in [-0.4, -0.2) is 0 Å². The number of furan rings is 1. The van der Waals surface area contributed by atoms with Gasteiger partial charge in [0.25, 0.3) is 0 Å². The van der Waals surface area contributed by atoms with Gasteiger partial charge in [-0.25, -0.2) is 0 Å². The first-order valence-electron chi connectivity index (χ1n) is 4.78. The predicted octanol–water partition coefficient (Wildman–Crippen LogP) is 1.46. The van der Waals surface area contributed by atoms with Crippen LogP contribution < -0.4 is 11.1 Å². The van der Waals surface area contributed by atoms with Crippen LogP contribution in [0.2, 0.25) is 0 Å². The number of hydrogen-bond acceptors (Lipinski definition) is 3. The number of hydrogen-bond donors (Lipinski definition) is 2. The maximum Gasteiger partial charge on any atom is 0.122 e. The van der Waals surface area contributed by atoms with Crippen LogP contribution in [0.5, 0.6) is 0 Å². The molecule has 0 aliphatic carbocycles. The molecule has 2 rings (SSSR count). The molecule has 0 amide bonds. The monoisotopic (exact) mass is 180 g/mol. The number of nitrogens with two attached hydrogens (primary N) is 1. The van der Waals surface area contributed by atoms with E-state index in [4.69, 9.17) is 10.2 Å². The van der Waals surface area contributed by atoms with Gasteiger partial charge in [0.1, 0.15) is 11.5 Å². The lowest BCUT2D eigenvalue weighted by molar-refractivity contribution is 0.441. The third-order valence-electron chi connectivity index (χ3n) is 2.55. The van der Waals surface area contributed by atoms with Crippen molar-refractivity contribution >= 4 is 0 Å². The largest absolute Gasteiger partial charge is 0.464 e. The number of rotatable bonds is 2. The van der Waals surface area contributed by atoms with Gasteiger partial charge in [-0.2, -0.15) is 0 Å². The van der Waals surface area contributed by atoms with Gasteiger partial charge in [-0.15, -0.1) is 0 Å². The first-order chi connectivity index (χ1) is 6.24. The molecular formula is C10H16N2O. The van der Waals surface area contributed by atoms with Gasteiger partial charge in [-0.3, -0.25) is 0 Å². The minimum absolute atomic E-state index is 0.434. The van der Waals surface area contributed by atoms with E-state index in [1.54, 1.807) is 0 Å². The molecule has 72 valence electrons. The average molecular weight is 180 g/mol. The quantitative estimate of drug-likeness (QED) is 0.724. The number of nitrogens with one attached hydrogen (secondary N) is 1. The van der Waals surface area contributed by atoms with E-state index in [0.29, 0.717) is 12.5 Å². The molecule has 2 heterocycles. The van der Waals surface area contributed by atoms with Crippen LogP contribution in [0.1, 0.15) is 42.4 Å². The Labute approximate surface area is 78.3 Å². The molecule has 13 heavy (non-hydrogen) atoms. The Morgan fingerprint density at radius 2 is 2.23 bits per heavy atom. The van der Waals surface area contributed by atoms with Crippen molar-refractivity contribution in [1.29, 1.82) is 0 Å². The van der Waals surface area contributed by atoms with E-state index < -0.39 is 0 Å². The summed E-state index contributed by atoms with van der Waals surface area (Å²) in [7, 11) is 0. The Hall–Kier alpha value is -0.800. The van der Waals surface area contributed by atoms with E-state index >= 15 is 0 Å². The molecule has 1 aliphatic rings. The maximum atomic E-state index is 5.77. The molecule has 0 fully saturated rings. The zero-order chi connectivity index (χ0) is 9.42. The molecule has 0 radical (unpaired) electrons. The topological polar surface area (TPSA) is 51.2 Å². The van der Waals surface area contributed by atoms with E-state index in [1.807, 2.05) is 0 Å². The Morgan fingerprint density at radius 3 is 2.85 bits per heavy atom. The molecule has 1 aromatic rings. The van der Waals surface area contributed by atoms with Gasteiger partial charge in [0.05, 0.1) is 6.54 Å². The first-order valence-corrected chi connectivity index (χ1v) is 4.78. The Kier molecular flexibility index (Phi) is 2.14. The molecule has 1 aliphatic heterocycles. The van der Waals surface area contributed by atoms with Crippen molar-refractivity contribution in [1.82, 2.24) is 5.32 Å². The van der Waals surface area contributed by atoms with Gasteiger partial charge in [0.15, 0.2) is 0 Å². The van der Waals surface area contributed by atoms with Crippen molar-refractivity contribution in [3.8, 4) is 0 Å². The molecule has 0 unspecified atom stereocenters. The van der Waals surface area contributed by atoms with Crippen molar-refractivity contribution in [3.63, 3.8) is 0 Å². The summed E-state index contributed by atoms with van der Waals surface area (Å²) in [6, 6.07) is 0. The fraction of sp³-hybridized carbons (Fsp3) is 0.600. The van der Waals surface area contributed by atoms with E-state index in [1.165, 1.54) is 11.1 Å². The minimum Gasteiger partial charge on any atom is -0.464 e. The highest BCUT2D eigenvalue weighted by molar-refractivity contribution is 5.37. The summed E-state index contributed by atoms with van der Waals surface area (Å²) in [5, 5.41) is 3.26. The van der Waals surface area contributed by atoms with E-state index in [0.717, 1.165) is 24.6 Å². The van der Waals surface area contributed by atoms with Gasteiger partial charge in [-0.05, 0) is 0 Å². The van der Waals surface area contributed by atoms with E-state index in [9.17, 15) is 0 Å².